The largest absolute Gasteiger partial charge is 0.378 e. The van der Waals surface area contributed by atoms with Crippen molar-refractivity contribution in [3.63, 3.8) is 0 Å². The van der Waals surface area contributed by atoms with E-state index < -0.39 is 0 Å². The molecule has 0 radical (unpaired) electrons. The smallest absolute Gasteiger partial charge is 0.272 e. The number of carbonyl (C=O) groups excluding carboxylic acids is 2. The van der Waals surface area contributed by atoms with Gasteiger partial charge in [-0.3, -0.25) is 14.6 Å². The van der Waals surface area contributed by atoms with Crippen LogP contribution in [-0.4, -0.2) is 91.0 Å². The van der Waals surface area contributed by atoms with Crippen molar-refractivity contribution in [2.24, 2.45) is 0 Å². The zero-order chi connectivity index (χ0) is 16.2. The van der Waals surface area contributed by atoms with Gasteiger partial charge in [0.2, 0.25) is 0 Å². The van der Waals surface area contributed by atoms with Gasteiger partial charge in [0.1, 0.15) is 5.69 Å². The summed E-state index contributed by atoms with van der Waals surface area (Å²) in [5.41, 5.74) is 0.855. The fraction of sp³-hybridized carbons (Fsp3) is 0.562. The van der Waals surface area contributed by atoms with Gasteiger partial charge in [-0.2, -0.15) is 0 Å². The normalized spacial score (nSPS) is 19.7. The first-order valence-electron chi connectivity index (χ1n) is 7.96. The first-order valence-corrected chi connectivity index (χ1v) is 7.96. The van der Waals surface area contributed by atoms with Crippen molar-refractivity contribution in [1.29, 1.82) is 0 Å². The minimum Gasteiger partial charge on any atom is -0.378 e. The SMILES string of the molecule is CN1CCN(C(=O)c2ccnc(C(=O)N3CCOCC3)c2)CC1. The molecule has 0 spiro atoms. The van der Waals surface area contributed by atoms with E-state index in [4.69, 9.17) is 4.74 Å². The second kappa shape index (κ2) is 7.06. The van der Waals surface area contributed by atoms with E-state index in [0.717, 1.165) is 13.1 Å². The molecular formula is C16H22N4O3. The average Bonchev–Trinajstić information content (AvgIpc) is 2.62. The molecule has 0 aromatic carbocycles. The molecule has 2 amide bonds. The van der Waals surface area contributed by atoms with Crippen molar-refractivity contribution in [2.75, 3.05) is 59.5 Å². The Balaban J connectivity index is 1.71. The Morgan fingerprint density at radius 2 is 1.65 bits per heavy atom. The third-order valence-electron chi connectivity index (χ3n) is 4.31. The van der Waals surface area contributed by atoms with E-state index in [0.29, 0.717) is 50.7 Å². The molecule has 0 aliphatic carbocycles. The Hall–Kier alpha value is -1.99. The van der Waals surface area contributed by atoms with Gasteiger partial charge in [0, 0.05) is 51.0 Å². The summed E-state index contributed by atoms with van der Waals surface area (Å²) in [5.74, 6) is -0.169. The molecule has 2 fully saturated rings. The van der Waals surface area contributed by atoms with Crippen molar-refractivity contribution in [3.05, 3.63) is 29.6 Å². The van der Waals surface area contributed by atoms with E-state index in [-0.39, 0.29) is 11.8 Å². The van der Waals surface area contributed by atoms with E-state index in [1.807, 2.05) is 11.9 Å². The average molecular weight is 318 g/mol. The zero-order valence-corrected chi connectivity index (χ0v) is 13.4. The minimum absolute atomic E-state index is 0.0310. The molecule has 1 aromatic heterocycles. The highest BCUT2D eigenvalue weighted by atomic mass is 16.5. The van der Waals surface area contributed by atoms with E-state index in [9.17, 15) is 9.59 Å². The summed E-state index contributed by atoms with van der Waals surface area (Å²) in [4.78, 5) is 35.0. The number of morpholine rings is 1. The monoisotopic (exact) mass is 318 g/mol. The van der Waals surface area contributed by atoms with Crippen molar-refractivity contribution >= 4 is 11.8 Å². The van der Waals surface area contributed by atoms with Crippen LogP contribution in [-0.2, 0) is 4.74 Å². The van der Waals surface area contributed by atoms with Gasteiger partial charge in [0.25, 0.3) is 11.8 Å². The molecule has 2 aliphatic heterocycles. The van der Waals surface area contributed by atoms with E-state index in [1.165, 1.54) is 6.20 Å². The maximum Gasteiger partial charge on any atom is 0.272 e. The third-order valence-corrected chi connectivity index (χ3v) is 4.31. The number of nitrogens with zero attached hydrogens (tertiary/aromatic N) is 4. The zero-order valence-electron chi connectivity index (χ0n) is 13.4. The second-order valence-corrected chi connectivity index (χ2v) is 5.93. The predicted octanol–water partition coefficient (Wildman–Crippen LogP) is -0.0584. The lowest BCUT2D eigenvalue weighted by molar-refractivity contribution is 0.0299. The van der Waals surface area contributed by atoms with Crippen LogP contribution < -0.4 is 0 Å². The first-order chi connectivity index (χ1) is 11.1. The summed E-state index contributed by atoms with van der Waals surface area (Å²) in [7, 11) is 2.05. The van der Waals surface area contributed by atoms with Gasteiger partial charge >= 0.3 is 0 Å². The molecule has 2 saturated heterocycles. The highest BCUT2D eigenvalue weighted by molar-refractivity contribution is 5.98. The number of likely N-dealkylation sites (N-methyl/N-ethyl adjacent to an activating group) is 1. The molecule has 0 atom stereocenters. The maximum absolute atomic E-state index is 12.6. The molecule has 7 nitrogen and oxygen atoms in total. The summed E-state index contributed by atoms with van der Waals surface area (Å²) < 4.78 is 5.26. The topological polar surface area (TPSA) is 66.0 Å². The first kappa shape index (κ1) is 15.9. The van der Waals surface area contributed by atoms with E-state index in [2.05, 4.69) is 9.88 Å². The number of hydrogen-bond acceptors (Lipinski definition) is 5. The van der Waals surface area contributed by atoms with Crippen LogP contribution in [0.5, 0.6) is 0 Å². The molecular weight excluding hydrogens is 296 g/mol. The van der Waals surface area contributed by atoms with Crippen molar-refractivity contribution in [3.8, 4) is 0 Å². The number of aromatic nitrogens is 1. The fourth-order valence-corrected chi connectivity index (χ4v) is 2.80. The Morgan fingerprint density at radius 3 is 2.35 bits per heavy atom. The number of rotatable bonds is 2. The third kappa shape index (κ3) is 3.68. The minimum atomic E-state index is -0.138. The second-order valence-electron chi connectivity index (χ2n) is 5.93. The molecule has 0 N–H and O–H groups in total. The van der Waals surface area contributed by atoms with Gasteiger partial charge in [-0.15, -0.1) is 0 Å². The van der Waals surface area contributed by atoms with Gasteiger partial charge < -0.3 is 19.4 Å². The summed E-state index contributed by atoms with van der Waals surface area (Å²) in [5, 5.41) is 0. The molecule has 1 aromatic rings. The summed E-state index contributed by atoms with van der Waals surface area (Å²) in [6.07, 6.45) is 1.54. The standard InChI is InChI=1S/C16H22N4O3/c1-18-4-6-19(7-5-18)15(21)13-2-3-17-14(12-13)16(22)20-8-10-23-11-9-20/h2-3,12H,4-11H2,1H3. The fourth-order valence-electron chi connectivity index (χ4n) is 2.80. The van der Waals surface area contributed by atoms with Crippen molar-refractivity contribution in [2.45, 2.75) is 0 Å². The molecule has 0 bridgehead atoms. The van der Waals surface area contributed by atoms with E-state index in [1.54, 1.807) is 17.0 Å². The Kier molecular flexibility index (Phi) is 4.88. The summed E-state index contributed by atoms with van der Waals surface area (Å²) in [6.45, 7) is 5.40. The van der Waals surface area contributed by atoms with Crippen LogP contribution in [0.1, 0.15) is 20.8 Å². The number of pyridine rings is 1. The molecule has 0 unspecified atom stereocenters. The van der Waals surface area contributed by atoms with Crippen LogP contribution >= 0.6 is 0 Å². The van der Waals surface area contributed by atoms with Gasteiger partial charge in [-0.1, -0.05) is 0 Å². The van der Waals surface area contributed by atoms with Crippen LogP contribution in [0.15, 0.2) is 18.3 Å². The van der Waals surface area contributed by atoms with Gasteiger partial charge in [-0.05, 0) is 19.2 Å². The number of carbonyl (C=O) groups is 2. The van der Waals surface area contributed by atoms with E-state index >= 15 is 0 Å². The highest BCUT2D eigenvalue weighted by Crippen LogP contribution is 2.11. The molecule has 23 heavy (non-hydrogen) atoms. The molecule has 3 heterocycles. The van der Waals surface area contributed by atoms with Gasteiger partial charge in [-0.25, -0.2) is 0 Å². The Morgan fingerprint density at radius 1 is 1.00 bits per heavy atom. The molecule has 2 aliphatic rings. The van der Waals surface area contributed by atoms with Crippen LogP contribution in [0.25, 0.3) is 0 Å². The lowest BCUT2D eigenvalue weighted by Crippen LogP contribution is -2.47. The number of piperazine rings is 1. The van der Waals surface area contributed by atoms with Crippen LogP contribution in [0, 0.1) is 0 Å². The maximum atomic E-state index is 12.6. The van der Waals surface area contributed by atoms with Gasteiger partial charge in [0.05, 0.1) is 13.2 Å². The van der Waals surface area contributed by atoms with Crippen LogP contribution in [0.4, 0.5) is 0 Å². The molecule has 7 heteroatoms. The summed E-state index contributed by atoms with van der Waals surface area (Å²) in [6, 6.07) is 3.29. The quantitative estimate of drug-likeness (QED) is 0.764. The Labute approximate surface area is 135 Å². The van der Waals surface area contributed by atoms with Crippen molar-refractivity contribution in [1.82, 2.24) is 19.7 Å². The summed E-state index contributed by atoms with van der Waals surface area (Å²) >= 11 is 0. The lowest BCUT2D eigenvalue weighted by atomic mass is 10.1. The Bertz CT molecular complexity index is 578. The predicted molar refractivity (Wildman–Crippen MR) is 84.4 cm³/mol. The lowest BCUT2D eigenvalue weighted by Gasteiger charge is -2.32. The van der Waals surface area contributed by atoms with Gasteiger partial charge in [0.15, 0.2) is 0 Å². The van der Waals surface area contributed by atoms with Crippen molar-refractivity contribution < 1.29 is 14.3 Å². The molecule has 3 rings (SSSR count). The van der Waals surface area contributed by atoms with Crippen LogP contribution in [0.3, 0.4) is 0 Å². The van der Waals surface area contributed by atoms with Crippen LogP contribution in [0.2, 0.25) is 0 Å². The molecule has 124 valence electrons. The molecule has 0 saturated carbocycles. The number of hydrogen-bond donors (Lipinski definition) is 0. The number of amides is 2. The number of ether oxygens (including phenoxy) is 1. The highest BCUT2D eigenvalue weighted by Gasteiger charge is 2.23.